The van der Waals surface area contributed by atoms with Crippen LogP contribution in [0.4, 0.5) is 0 Å². The van der Waals surface area contributed by atoms with Crippen LogP contribution in [0.5, 0.6) is 5.75 Å². The quantitative estimate of drug-likeness (QED) is 0.268. The van der Waals surface area contributed by atoms with Gasteiger partial charge in [-0.05, 0) is 42.8 Å². The monoisotopic (exact) mass is 364 g/mol. The van der Waals surface area contributed by atoms with E-state index in [1.807, 2.05) is 25.1 Å². The van der Waals surface area contributed by atoms with Gasteiger partial charge in [-0.3, -0.25) is 4.79 Å². The Morgan fingerprint density at radius 3 is 2.37 bits per heavy atom. The van der Waals surface area contributed by atoms with Crippen molar-refractivity contribution in [2.45, 2.75) is 6.92 Å². The second-order valence-electron chi connectivity index (χ2n) is 5.74. The maximum absolute atomic E-state index is 12.1. The van der Waals surface area contributed by atoms with Gasteiger partial charge in [0.2, 0.25) is 0 Å². The zero-order valence-corrected chi connectivity index (χ0v) is 15.2. The number of nitrogens with one attached hydrogen (secondary N) is 1. The van der Waals surface area contributed by atoms with Crippen molar-refractivity contribution in [3.8, 4) is 11.8 Å². The smallest absolute Gasteiger partial charge is 0.343 e. The summed E-state index contributed by atoms with van der Waals surface area (Å²) >= 11 is 0. The Kier molecular flexibility index (Phi) is 7.29. The molecule has 1 N–H and O–H groups in total. The van der Waals surface area contributed by atoms with Gasteiger partial charge in [0, 0.05) is 13.7 Å². The first-order valence-electron chi connectivity index (χ1n) is 8.31. The third kappa shape index (κ3) is 6.10. The third-order valence-corrected chi connectivity index (χ3v) is 3.65. The van der Waals surface area contributed by atoms with Crippen molar-refractivity contribution < 1.29 is 19.1 Å². The number of methoxy groups -OCH3 is 1. The van der Waals surface area contributed by atoms with Crippen LogP contribution in [0.1, 0.15) is 21.5 Å². The number of benzene rings is 2. The van der Waals surface area contributed by atoms with Crippen molar-refractivity contribution in [2.24, 2.45) is 0 Å². The highest BCUT2D eigenvalue weighted by Gasteiger charge is 2.10. The molecule has 0 heterocycles. The number of aryl methyl sites for hydroxylation is 1. The number of nitriles is 1. The minimum Gasteiger partial charge on any atom is -0.423 e. The van der Waals surface area contributed by atoms with Gasteiger partial charge in [-0.2, -0.15) is 5.26 Å². The molecule has 0 saturated carbocycles. The summed E-state index contributed by atoms with van der Waals surface area (Å²) in [5.74, 6) is -0.543. The third-order valence-electron chi connectivity index (χ3n) is 3.65. The molecule has 6 nitrogen and oxygen atoms in total. The molecule has 1 amide bonds. The topological polar surface area (TPSA) is 88.4 Å². The molecule has 138 valence electrons. The van der Waals surface area contributed by atoms with Crippen LogP contribution in [0, 0.1) is 18.3 Å². The molecule has 0 aromatic heterocycles. The van der Waals surface area contributed by atoms with Crippen LogP contribution in [0.3, 0.4) is 0 Å². The van der Waals surface area contributed by atoms with Gasteiger partial charge in [0.15, 0.2) is 0 Å². The van der Waals surface area contributed by atoms with E-state index >= 15 is 0 Å². The molecule has 0 saturated heterocycles. The zero-order chi connectivity index (χ0) is 19.6. The van der Waals surface area contributed by atoms with E-state index in [1.54, 1.807) is 36.4 Å². The number of amides is 1. The van der Waals surface area contributed by atoms with Crippen LogP contribution < -0.4 is 10.1 Å². The summed E-state index contributed by atoms with van der Waals surface area (Å²) in [6, 6.07) is 15.5. The lowest BCUT2D eigenvalue weighted by atomic mass is 10.1. The fourth-order valence-corrected chi connectivity index (χ4v) is 2.16. The number of hydrogen-bond acceptors (Lipinski definition) is 5. The fourth-order valence-electron chi connectivity index (χ4n) is 2.16. The maximum atomic E-state index is 12.1. The molecule has 0 atom stereocenters. The maximum Gasteiger partial charge on any atom is 0.343 e. The minimum atomic E-state index is -0.468. The molecule has 6 heteroatoms. The highest BCUT2D eigenvalue weighted by atomic mass is 16.5. The van der Waals surface area contributed by atoms with Gasteiger partial charge < -0.3 is 14.8 Å². The van der Waals surface area contributed by atoms with Crippen molar-refractivity contribution in [1.82, 2.24) is 5.32 Å². The van der Waals surface area contributed by atoms with E-state index in [2.05, 4.69) is 5.32 Å². The van der Waals surface area contributed by atoms with E-state index in [-0.39, 0.29) is 5.57 Å². The van der Waals surface area contributed by atoms with Gasteiger partial charge in [0.05, 0.1) is 12.2 Å². The van der Waals surface area contributed by atoms with E-state index < -0.39 is 11.9 Å². The summed E-state index contributed by atoms with van der Waals surface area (Å²) in [6.45, 7) is 2.63. The first kappa shape index (κ1) is 19.9. The average Bonchev–Trinajstić information content (AvgIpc) is 2.68. The zero-order valence-electron chi connectivity index (χ0n) is 15.2. The van der Waals surface area contributed by atoms with Crippen molar-refractivity contribution in [3.05, 3.63) is 70.8 Å². The van der Waals surface area contributed by atoms with Gasteiger partial charge in [0.1, 0.15) is 17.4 Å². The fraction of sp³-hybridized carbons (Fsp3) is 0.190. The molecular formula is C21H20N2O4. The van der Waals surface area contributed by atoms with Crippen LogP contribution in [0.25, 0.3) is 6.08 Å². The summed E-state index contributed by atoms with van der Waals surface area (Å²) in [5, 5.41) is 11.7. The van der Waals surface area contributed by atoms with E-state index in [0.717, 1.165) is 5.56 Å². The van der Waals surface area contributed by atoms with Gasteiger partial charge in [-0.15, -0.1) is 0 Å². The number of rotatable bonds is 7. The van der Waals surface area contributed by atoms with Crippen LogP contribution in [0.15, 0.2) is 54.1 Å². The lowest BCUT2D eigenvalue weighted by molar-refractivity contribution is -0.117. The summed E-state index contributed by atoms with van der Waals surface area (Å²) < 4.78 is 10.2. The van der Waals surface area contributed by atoms with Crippen molar-refractivity contribution in [1.29, 1.82) is 5.26 Å². The normalized spacial score (nSPS) is 10.8. The predicted molar refractivity (Wildman–Crippen MR) is 101 cm³/mol. The SMILES string of the molecule is COCCNC(=O)/C(C#N)=C/c1ccc(OC(=O)c2ccc(C)cc2)cc1. The van der Waals surface area contributed by atoms with E-state index in [1.165, 1.54) is 13.2 Å². The molecule has 0 bridgehead atoms. The molecule has 2 aromatic carbocycles. The Morgan fingerprint density at radius 1 is 1.11 bits per heavy atom. The Morgan fingerprint density at radius 2 is 1.78 bits per heavy atom. The van der Waals surface area contributed by atoms with Crippen LogP contribution >= 0.6 is 0 Å². The molecule has 0 aliphatic carbocycles. The second-order valence-corrected chi connectivity index (χ2v) is 5.74. The summed E-state index contributed by atoms with van der Waals surface area (Å²) in [4.78, 5) is 24.0. The minimum absolute atomic E-state index is 0.0181. The standard InChI is InChI=1S/C21H20N2O4/c1-15-3-7-17(8-4-15)21(25)27-19-9-5-16(6-10-19)13-18(14-22)20(24)23-11-12-26-2/h3-10,13H,11-12H2,1-2H3,(H,23,24)/b18-13+. The van der Waals surface area contributed by atoms with Crippen molar-refractivity contribution in [2.75, 3.05) is 20.3 Å². The van der Waals surface area contributed by atoms with Crippen LogP contribution in [-0.4, -0.2) is 32.1 Å². The number of carbonyl (C=O) groups excluding carboxylic acids is 2. The molecule has 27 heavy (non-hydrogen) atoms. The molecule has 0 aliphatic heterocycles. The van der Waals surface area contributed by atoms with Gasteiger partial charge in [0.25, 0.3) is 5.91 Å². The highest BCUT2D eigenvalue weighted by Crippen LogP contribution is 2.16. The Hall–Kier alpha value is -3.43. The molecule has 0 radical (unpaired) electrons. The largest absolute Gasteiger partial charge is 0.423 e. The number of esters is 1. The van der Waals surface area contributed by atoms with E-state index in [0.29, 0.717) is 30.0 Å². The Labute approximate surface area is 158 Å². The average molecular weight is 364 g/mol. The number of ether oxygens (including phenoxy) is 2. The molecule has 0 aliphatic rings. The highest BCUT2D eigenvalue weighted by molar-refractivity contribution is 6.01. The number of carbonyl (C=O) groups is 2. The molecule has 2 rings (SSSR count). The molecular weight excluding hydrogens is 344 g/mol. The summed E-state index contributed by atoms with van der Waals surface area (Å²) in [6.07, 6.45) is 1.47. The lowest BCUT2D eigenvalue weighted by Gasteiger charge is -2.06. The lowest BCUT2D eigenvalue weighted by Crippen LogP contribution is -2.27. The van der Waals surface area contributed by atoms with Crippen LogP contribution in [-0.2, 0) is 9.53 Å². The summed E-state index contributed by atoms with van der Waals surface area (Å²) in [5.41, 5.74) is 2.14. The molecule has 0 fully saturated rings. The predicted octanol–water partition coefficient (Wildman–Crippen LogP) is 2.88. The Balaban J connectivity index is 2.03. The van der Waals surface area contributed by atoms with Gasteiger partial charge in [-0.1, -0.05) is 29.8 Å². The van der Waals surface area contributed by atoms with E-state index in [4.69, 9.17) is 14.7 Å². The summed E-state index contributed by atoms with van der Waals surface area (Å²) in [7, 11) is 1.53. The first-order valence-corrected chi connectivity index (χ1v) is 8.31. The van der Waals surface area contributed by atoms with Crippen LogP contribution in [0.2, 0.25) is 0 Å². The van der Waals surface area contributed by atoms with Crippen molar-refractivity contribution >= 4 is 18.0 Å². The number of hydrogen-bond donors (Lipinski definition) is 1. The molecule has 0 unspecified atom stereocenters. The van der Waals surface area contributed by atoms with Gasteiger partial charge in [-0.25, -0.2) is 4.79 Å². The van der Waals surface area contributed by atoms with Crippen molar-refractivity contribution in [3.63, 3.8) is 0 Å². The Bertz CT molecular complexity index is 863. The van der Waals surface area contributed by atoms with Gasteiger partial charge >= 0.3 is 5.97 Å². The second kappa shape index (κ2) is 9.90. The number of nitrogens with zero attached hydrogens (tertiary/aromatic N) is 1. The molecule has 0 spiro atoms. The molecule has 2 aromatic rings. The first-order chi connectivity index (χ1) is 13.0. The van der Waals surface area contributed by atoms with E-state index in [9.17, 15) is 9.59 Å².